The summed E-state index contributed by atoms with van der Waals surface area (Å²) >= 11 is 0. The van der Waals surface area contributed by atoms with Gasteiger partial charge in [-0.3, -0.25) is 0 Å². The van der Waals surface area contributed by atoms with E-state index in [0.717, 1.165) is 36.6 Å². The van der Waals surface area contributed by atoms with Crippen LogP contribution in [0.4, 0.5) is 11.5 Å². The van der Waals surface area contributed by atoms with Gasteiger partial charge in [0, 0.05) is 24.9 Å². The molecule has 3 N–H and O–H groups in total. The van der Waals surface area contributed by atoms with Gasteiger partial charge in [0.15, 0.2) is 5.82 Å². The van der Waals surface area contributed by atoms with E-state index in [-0.39, 0.29) is 6.61 Å². The molecule has 94 valence electrons. The lowest BCUT2D eigenvalue weighted by atomic mass is 9.99. The van der Waals surface area contributed by atoms with Gasteiger partial charge in [-0.05, 0) is 44.7 Å². The quantitative estimate of drug-likeness (QED) is 0.837. The van der Waals surface area contributed by atoms with E-state index in [1.807, 2.05) is 19.1 Å². The molecule has 2 rings (SSSR count). The van der Waals surface area contributed by atoms with Gasteiger partial charge in [0.25, 0.3) is 0 Å². The summed E-state index contributed by atoms with van der Waals surface area (Å²) < 4.78 is 0. The molecule has 0 spiro atoms. The Hall–Kier alpha value is -1.29. The molecule has 4 nitrogen and oxygen atoms in total. The minimum Gasteiger partial charge on any atom is -0.396 e. The number of anilines is 2. The number of aliphatic hydroxyl groups excluding tert-OH is 1. The summed E-state index contributed by atoms with van der Waals surface area (Å²) in [6, 6.07) is 4.23. The van der Waals surface area contributed by atoms with Gasteiger partial charge >= 0.3 is 0 Å². The van der Waals surface area contributed by atoms with Crippen LogP contribution in [0, 0.1) is 6.92 Å². The molecule has 0 amide bonds. The molecule has 1 aliphatic rings. The Morgan fingerprint density at radius 3 is 3.06 bits per heavy atom. The van der Waals surface area contributed by atoms with E-state index in [4.69, 9.17) is 10.8 Å². The van der Waals surface area contributed by atoms with Gasteiger partial charge in [0.1, 0.15) is 0 Å². The van der Waals surface area contributed by atoms with Crippen LogP contribution in [0.3, 0.4) is 0 Å². The van der Waals surface area contributed by atoms with Gasteiger partial charge < -0.3 is 15.7 Å². The topological polar surface area (TPSA) is 62.4 Å². The van der Waals surface area contributed by atoms with Crippen molar-refractivity contribution < 1.29 is 5.11 Å². The van der Waals surface area contributed by atoms with Crippen LogP contribution in [0.5, 0.6) is 0 Å². The van der Waals surface area contributed by atoms with Gasteiger partial charge in [-0.15, -0.1) is 0 Å². The number of nitrogens with two attached hydrogens (primary N) is 1. The molecule has 17 heavy (non-hydrogen) atoms. The minimum atomic E-state index is 0.229. The maximum Gasteiger partial charge on any atom is 0.152 e. The Bertz CT molecular complexity index is 379. The lowest BCUT2D eigenvalue weighted by Gasteiger charge is -2.37. The maximum absolute atomic E-state index is 9.13. The van der Waals surface area contributed by atoms with E-state index >= 15 is 0 Å². The zero-order chi connectivity index (χ0) is 12.3. The lowest BCUT2D eigenvalue weighted by Crippen LogP contribution is -2.41. The highest BCUT2D eigenvalue weighted by Crippen LogP contribution is 2.29. The van der Waals surface area contributed by atoms with Gasteiger partial charge in [-0.1, -0.05) is 0 Å². The molecule has 0 saturated carbocycles. The van der Waals surface area contributed by atoms with Crippen molar-refractivity contribution >= 4 is 11.5 Å². The van der Waals surface area contributed by atoms with Gasteiger partial charge in [-0.2, -0.15) is 0 Å². The summed E-state index contributed by atoms with van der Waals surface area (Å²) in [7, 11) is 0. The monoisotopic (exact) mass is 235 g/mol. The van der Waals surface area contributed by atoms with Crippen molar-refractivity contribution in [2.24, 2.45) is 0 Å². The number of hydrogen-bond acceptors (Lipinski definition) is 4. The van der Waals surface area contributed by atoms with Crippen molar-refractivity contribution in [3.63, 3.8) is 0 Å². The standard InChI is InChI=1S/C13H21N3O/c1-10-5-6-12(14)13(15-10)16-8-3-2-4-11(16)7-9-17/h5-6,11,17H,2-4,7-9,14H2,1H3. The van der Waals surface area contributed by atoms with Crippen LogP contribution < -0.4 is 10.6 Å². The molecule has 1 aromatic rings. The third kappa shape index (κ3) is 2.69. The first-order valence-electron chi connectivity index (χ1n) is 6.33. The summed E-state index contributed by atoms with van der Waals surface area (Å²) in [4.78, 5) is 6.81. The number of nitrogens with zero attached hydrogens (tertiary/aromatic N) is 2. The molecule has 1 saturated heterocycles. The summed E-state index contributed by atoms with van der Waals surface area (Å²) in [6.45, 7) is 3.20. The second-order valence-electron chi connectivity index (χ2n) is 4.72. The number of piperidine rings is 1. The first-order valence-corrected chi connectivity index (χ1v) is 6.33. The highest BCUT2D eigenvalue weighted by Gasteiger charge is 2.24. The van der Waals surface area contributed by atoms with Crippen LogP contribution in [0.2, 0.25) is 0 Å². The molecule has 1 aromatic heterocycles. The molecule has 0 radical (unpaired) electrons. The second kappa shape index (κ2) is 5.36. The number of pyridine rings is 1. The smallest absolute Gasteiger partial charge is 0.152 e. The number of aromatic nitrogens is 1. The van der Waals surface area contributed by atoms with Crippen LogP contribution in [0.15, 0.2) is 12.1 Å². The van der Waals surface area contributed by atoms with Crippen molar-refractivity contribution in [3.8, 4) is 0 Å². The van der Waals surface area contributed by atoms with Crippen LogP contribution in [0.25, 0.3) is 0 Å². The average molecular weight is 235 g/mol. The Morgan fingerprint density at radius 1 is 1.47 bits per heavy atom. The van der Waals surface area contributed by atoms with Crippen LogP contribution in [-0.2, 0) is 0 Å². The van der Waals surface area contributed by atoms with E-state index in [1.165, 1.54) is 12.8 Å². The fourth-order valence-electron chi connectivity index (χ4n) is 2.51. The normalized spacial score (nSPS) is 20.6. The summed E-state index contributed by atoms with van der Waals surface area (Å²) in [5, 5.41) is 9.13. The second-order valence-corrected chi connectivity index (χ2v) is 4.72. The van der Waals surface area contributed by atoms with Crippen molar-refractivity contribution in [2.75, 3.05) is 23.8 Å². The molecule has 0 aromatic carbocycles. The third-order valence-corrected chi connectivity index (χ3v) is 3.41. The predicted molar refractivity (Wildman–Crippen MR) is 70.1 cm³/mol. The zero-order valence-electron chi connectivity index (χ0n) is 10.4. The predicted octanol–water partition coefficient (Wildman–Crippen LogP) is 1.71. The van der Waals surface area contributed by atoms with Gasteiger partial charge in [0.2, 0.25) is 0 Å². The van der Waals surface area contributed by atoms with Crippen molar-refractivity contribution in [1.29, 1.82) is 0 Å². The van der Waals surface area contributed by atoms with Crippen LogP contribution in [-0.4, -0.2) is 29.3 Å². The molecule has 4 heteroatoms. The van der Waals surface area contributed by atoms with E-state index in [2.05, 4.69) is 9.88 Å². The molecule has 2 heterocycles. The lowest BCUT2D eigenvalue weighted by molar-refractivity contribution is 0.262. The van der Waals surface area contributed by atoms with Crippen molar-refractivity contribution in [2.45, 2.75) is 38.6 Å². The largest absolute Gasteiger partial charge is 0.396 e. The Morgan fingerprint density at radius 2 is 2.29 bits per heavy atom. The number of aryl methyl sites for hydroxylation is 1. The summed E-state index contributed by atoms with van der Waals surface area (Å²) in [6.07, 6.45) is 4.33. The van der Waals surface area contributed by atoms with E-state index in [1.54, 1.807) is 0 Å². The van der Waals surface area contributed by atoms with Crippen LogP contribution in [0.1, 0.15) is 31.4 Å². The fraction of sp³-hybridized carbons (Fsp3) is 0.615. The molecule has 0 bridgehead atoms. The molecule has 0 aliphatic carbocycles. The van der Waals surface area contributed by atoms with E-state index in [9.17, 15) is 0 Å². The molecular weight excluding hydrogens is 214 g/mol. The first-order chi connectivity index (χ1) is 8.22. The van der Waals surface area contributed by atoms with E-state index < -0.39 is 0 Å². The first kappa shape index (κ1) is 12.2. The fourth-order valence-corrected chi connectivity index (χ4v) is 2.51. The average Bonchev–Trinajstić information content (AvgIpc) is 2.34. The van der Waals surface area contributed by atoms with E-state index in [0.29, 0.717) is 6.04 Å². The zero-order valence-corrected chi connectivity index (χ0v) is 10.4. The number of rotatable bonds is 3. The highest BCUT2D eigenvalue weighted by molar-refractivity contribution is 5.63. The Labute approximate surface area is 102 Å². The highest BCUT2D eigenvalue weighted by atomic mass is 16.3. The maximum atomic E-state index is 9.13. The SMILES string of the molecule is Cc1ccc(N)c(N2CCCCC2CCO)n1. The van der Waals surface area contributed by atoms with Gasteiger partial charge in [0.05, 0.1) is 5.69 Å². The Kier molecular flexibility index (Phi) is 3.84. The molecular formula is C13H21N3O. The molecule has 1 unspecified atom stereocenters. The number of aliphatic hydroxyl groups is 1. The summed E-state index contributed by atoms with van der Waals surface area (Å²) in [5.74, 6) is 0.892. The third-order valence-electron chi connectivity index (χ3n) is 3.41. The van der Waals surface area contributed by atoms with Crippen molar-refractivity contribution in [1.82, 2.24) is 4.98 Å². The van der Waals surface area contributed by atoms with Gasteiger partial charge in [-0.25, -0.2) is 4.98 Å². The molecule has 1 aliphatic heterocycles. The van der Waals surface area contributed by atoms with Crippen LogP contribution >= 0.6 is 0 Å². The number of hydrogen-bond donors (Lipinski definition) is 2. The molecule has 1 atom stereocenters. The van der Waals surface area contributed by atoms with Crippen molar-refractivity contribution in [3.05, 3.63) is 17.8 Å². The summed E-state index contributed by atoms with van der Waals surface area (Å²) in [5.41, 5.74) is 7.74. The minimum absolute atomic E-state index is 0.229. The Balaban J connectivity index is 2.25. The number of nitrogen functional groups attached to an aromatic ring is 1. The molecule has 1 fully saturated rings.